The van der Waals surface area contributed by atoms with E-state index in [0.717, 1.165) is 45.2 Å². The second-order valence-corrected chi connectivity index (χ2v) is 8.83. The Bertz CT molecular complexity index is 1240. The van der Waals surface area contributed by atoms with Gasteiger partial charge in [-0.2, -0.15) is 9.46 Å². The zero-order chi connectivity index (χ0) is 23.1. The first-order chi connectivity index (χ1) is 16.6. The molecule has 0 bridgehead atoms. The highest BCUT2D eigenvalue weighted by atomic mass is 16.5. The molecule has 0 spiro atoms. The van der Waals surface area contributed by atoms with Gasteiger partial charge in [0.2, 0.25) is 0 Å². The quantitative estimate of drug-likeness (QED) is 0.347. The zero-order valence-corrected chi connectivity index (χ0v) is 18.6. The highest BCUT2D eigenvalue weighted by Crippen LogP contribution is 2.39. The lowest BCUT2D eigenvalue weighted by Gasteiger charge is -2.32. The Balaban J connectivity index is 1.27. The van der Waals surface area contributed by atoms with Crippen LogP contribution in [0.1, 0.15) is 22.3 Å². The summed E-state index contributed by atoms with van der Waals surface area (Å²) in [4.78, 5) is 4.46. The molecule has 4 heterocycles. The van der Waals surface area contributed by atoms with Crippen LogP contribution < -0.4 is 18.9 Å². The lowest BCUT2D eigenvalue weighted by atomic mass is 9.96. The maximum absolute atomic E-state index is 11.3. The van der Waals surface area contributed by atoms with Crippen molar-refractivity contribution < 1.29 is 18.9 Å². The molecular weight excluding hydrogens is 432 g/mol. The lowest BCUT2D eigenvalue weighted by Crippen LogP contribution is -2.33. The van der Waals surface area contributed by atoms with Crippen LogP contribution in [0.25, 0.3) is 10.8 Å². The minimum Gasteiger partial charge on any atom is -0.619 e. The van der Waals surface area contributed by atoms with Gasteiger partial charge in [0.1, 0.15) is 25.0 Å². The van der Waals surface area contributed by atoms with E-state index in [-0.39, 0.29) is 0 Å². The van der Waals surface area contributed by atoms with Gasteiger partial charge in [0.05, 0.1) is 0 Å². The third-order valence-corrected chi connectivity index (χ3v) is 6.46. The Morgan fingerprint density at radius 1 is 0.618 bits per heavy atom. The van der Waals surface area contributed by atoms with Gasteiger partial charge in [-0.25, -0.2) is 0 Å². The predicted molar refractivity (Wildman–Crippen MR) is 124 cm³/mol. The second kappa shape index (κ2) is 8.48. The molecule has 8 heteroatoms. The first-order valence-corrected chi connectivity index (χ1v) is 11.3. The van der Waals surface area contributed by atoms with Crippen molar-refractivity contribution in [3.05, 3.63) is 106 Å². The highest BCUT2D eigenvalue weighted by Gasteiger charge is 2.24. The molecule has 0 N–H and O–H groups in total. The van der Waals surface area contributed by atoms with Crippen molar-refractivity contribution in [2.75, 3.05) is 13.5 Å². The van der Waals surface area contributed by atoms with Crippen LogP contribution in [0.5, 0.6) is 11.5 Å². The standard InChI is InChI=1S/C26H24N4O4/c31-29-9-5-19(6-10-29)13-27-15-23-21-1-3-25-24(22(21)2-4-26(23)34-18-27)16-28(17-33-25)14-20-7-11-30(32)12-8-20/h1-12H,13-18H2. The van der Waals surface area contributed by atoms with Gasteiger partial charge in [-0.3, -0.25) is 9.80 Å². The van der Waals surface area contributed by atoms with E-state index >= 15 is 0 Å². The number of rotatable bonds is 4. The summed E-state index contributed by atoms with van der Waals surface area (Å²) in [5.41, 5.74) is 4.48. The number of hydrogen-bond acceptors (Lipinski definition) is 6. The number of ether oxygens (including phenoxy) is 2. The summed E-state index contributed by atoms with van der Waals surface area (Å²) in [6, 6.07) is 15.7. The minimum absolute atomic E-state index is 0.507. The summed E-state index contributed by atoms with van der Waals surface area (Å²) >= 11 is 0. The molecule has 4 aromatic rings. The molecule has 6 rings (SSSR count). The van der Waals surface area contributed by atoms with Gasteiger partial charge in [0.25, 0.3) is 0 Å². The monoisotopic (exact) mass is 456 g/mol. The molecule has 0 fully saturated rings. The van der Waals surface area contributed by atoms with E-state index in [1.807, 2.05) is 24.3 Å². The highest BCUT2D eigenvalue weighted by molar-refractivity contribution is 5.92. The maximum Gasteiger partial charge on any atom is 0.180 e. The molecule has 2 aromatic carbocycles. The van der Waals surface area contributed by atoms with Crippen molar-refractivity contribution >= 4 is 10.8 Å². The molecule has 2 aliphatic heterocycles. The number of aromatic nitrogens is 2. The van der Waals surface area contributed by atoms with E-state index in [4.69, 9.17) is 9.47 Å². The van der Waals surface area contributed by atoms with Gasteiger partial charge < -0.3 is 19.9 Å². The van der Waals surface area contributed by atoms with E-state index in [9.17, 15) is 10.4 Å². The van der Waals surface area contributed by atoms with Crippen LogP contribution in [0.2, 0.25) is 0 Å². The van der Waals surface area contributed by atoms with Crippen LogP contribution >= 0.6 is 0 Å². The van der Waals surface area contributed by atoms with Gasteiger partial charge in [0, 0.05) is 61.6 Å². The van der Waals surface area contributed by atoms with Crippen LogP contribution in [0, 0.1) is 10.4 Å². The van der Waals surface area contributed by atoms with Crippen molar-refractivity contribution in [1.82, 2.24) is 9.80 Å². The largest absolute Gasteiger partial charge is 0.619 e. The number of fused-ring (bicyclic) bond motifs is 5. The minimum atomic E-state index is 0.507. The topological polar surface area (TPSA) is 78.8 Å². The summed E-state index contributed by atoms with van der Waals surface area (Å²) in [6.07, 6.45) is 6.09. The van der Waals surface area contributed by atoms with E-state index in [1.54, 1.807) is 0 Å². The normalized spacial score (nSPS) is 15.9. The maximum atomic E-state index is 11.3. The Labute approximate surface area is 197 Å². The molecule has 0 atom stereocenters. The second-order valence-electron chi connectivity index (χ2n) is 8.83. The summed E-state index contributed by atoms with van der Waals surface area (Å²) in [6.45, 7) is 3.96. The van der Waals surface area contributed by atoms with Crippen LogP contribution in [0.15, 0.2) is 73.3 Å². The van der Waals surface area contributed by atoms with Gasteiger partial charge in [-0.05, 0) is 34.0 Å². The van der Waals surface area contributed by atoms with E-state index < -0.39 is 0 Å². The van der Waals surface area contributed by atoms with Gasteiger partial charge in [-0.1, -0.05) is 12.1 Å². The predicted octanol–water partition coefficient (Wildman–Crippen LogP) is 2.81. The summed E-state index contributed by atoms with van der Waals surface area (Å²) < 4.78 is 13.8. The molecule has 8 nitrogen and oxygen atoms in total. The Morgan fingerprint density at radius 3 is 1.44 bits per heavy atom. The molecule has 2 aliphatic rings. The third-order valence-electron chi connectivity index (χ3n) is 6.46. The fraction of sp³-hybridized carbons (Fsp3) is 0.231. The fourth-order valence-electron chi connectivity index (χ4n) is 4.76. The number of hydrogen-bond donors (Lipinski definition) is 0. The van der Waals surface area contributed by atoms with E-state index in [1.165, 1.54) is 46.7 Å². The SMILES string of the molecule is [O-][n+]1ccc(CN2COc3ccc4c5c(ccc4c3C2)OCN(Cc2cc[n+]([O-])cc2)C5)cc1. The van der Waals surface area contributed by atoms with Crippen molar-refractivity contribution in [2.24, 2.45) is 0 Å². The molecule has 2 aromatic heterocycles. The smallest absolute Gasteiger partial charge is 0.180 e. The average molecular weight is 457 g/mol. The van der Waals surface area contributed by atoms with Crippen molar-refractivity contribution in [3.8, 4) is 11.5 Å². The van der Waals surface area contributed by atoms with Crippen molar-refractivity contribution in [2.45, 2.75) is 26.2 Å². The lowest BCUT2D eigenvalue weighted by molar-refractivity contribution is -0.605. The Hall–Kier alpha value is -3.88. The molecule has 0 radical (unpaired) electrons. The average Bonchev–Trinajstić information content (AvgIpc) is 2.86. The van der Waals surface area contributed by atoms with Gasteiger partial charge in [-0.15, -0.1) is 0 Å². The molecule has 0 saturated heterocycles. The fourth-order valence-corrected chi connectivity index (χ4v) is 4.76. The molecule has 0 aliphatic carbocycles. The van der Waals surface area contributed by atoms with Crippen LogP contribution in [0.4, 0.5) is 0 Å². The molecule has 0 saturated carbocycles. The van der Waals surface area contributed by atoms with Crippen molar-refractivity contribution in [3.63, 3.8) is 0 Å². The molecule has 172 valence electrons. The number of nitrogens with zero attached hydrogens (tertiary/aromatic N) is 4. The Kier molecular flexibility index (Phi) is 5.16. The number of pyridine rings is 2. The van der Waals surface area contributed by atoms with E-state index in [0.29, 0.717) is 26.6 Å². The van der Waals surface area contributed by atoms with E-state index in [2.05, 4.69) is 34.1 Å². The summed E-state index contributed by atoms with van der Waals surface area (Å²) in [5, 5.41) is 25.0. The first kappa shape index (κ1) is 20.7. The first-order valence-electron chi connectivity index (χ1n) is 11.3. The molecule has 34 heavy (non-hydrogen) atoms. The van der Waals surface area contributed by atoms with Crippen LogP contribution in [-0.2, 0) is 26.2 Å². The summed E-state index contributed by atoms with van der Waals surface area (Å²) in [5.74, 6) is 1.83. The molecular formula is C26H24N4O4. The van der Waals surface area contributed by atoms with Gasteiger partial charge in [0.15, 0.2) is 24.8 Å². The molecule has 0 amide bonds. The Morgan fingerprint density at radius 2 is 1.03 bits per heavy atom. The van der Waals surface area contributed by atoms with Crippen LogP contribution in [0.3, 0.4) is 0 Å². The summed E-state index contributed by atoms with van der Waals surface area (Å²) in [7, 11) is 0. The van der Waals surface area contributed by atoms with Gasteiger partial charge >= 0.3 is 0 Å². The van der Waals surface area contributed by atoms with Crippen LogP contribution in [-0.4, -0.2) is 23.3 Å². The number of benzene rings is 2. The third kappa shape index (κ3) is 3.98. The zero-order valence-electron chi connectivity index (χ0n) is 18.6. The van der Waals surface area contributed by atoms with Crippen molar-refractivity contribution in [1.29, 1.82) is 0 Å². The molecule has 0 unspecified atom stereocenters.